The van der Waals surface area contributed by atoms with E-state index in [4.69, 9.17) is 28.4 Å². The maximum absolute atomic E-state index is 14.2. The molecular formula is C57H70N8O14. The van der Waals surface area contributed by atoms with Crippen LogP contribution in [0.3, 0.4) is 0 Å². The van der Waals surface area contributed by atoms with E-state index in [2.05, 4.69) is 35.7 Å². The number of carbonyl (C=O) groups is 8. The van der Waals surface area contributed by atoms with Gasteiger partial charge in [-0.15, -0.1) is 0 Å². The van der Waals surface area contributed by atoms with Crippen LogP contribution in [-0.2, 0) is 65.6 Å². The fraction of sp³-hybridized carbons (Fsp3) is 0.439. The molecule has 0 radical (unpaired) electrons. The molecule has 4 atom stereocenters. The number of Topliss-reactive ketones (excluding diaryl/α,β-unsaturated/α-hetero) is 1. The average Bonchev–Trinajstić information content (AvgIpc) is 4.25. The maximum atomic E-state index is 14.2. The minimum absolute atomic E-state index is 0.0342. The molecule has 422 valence electrons. The number of aromatic nitrogens is 3. The highest BCUT2D eigenvalue weighted by Crippen LogP contribution is 2.41. The molecule has 3 aliphatic heterocycles. The Hall–Kier alpha value is -8.24. The number of benzene rings is 1. The zero-order valence-corrected chi connectivity index (χ0v) is 45.5. The molecule has 0 spiro atoms. The van der Waals surface area contributed by atoms with Crippen molar-refractivity contribution in [2.75, 3.05) is 61.7 Å². The van der Waals surface area contributed by atoms with Gasteiger partial charge in [0.2, 0.25) is 5.91 Å². The SMILES string of the molecule is C=CCOC(=O)C[C@@H](C)C(=O)OCCCNC(=O)c1cc(NC(=O)c2cc(CC(=O)c3cc(NC(=O)CCCOc4cc5c(cc4C)C(=O)N4CC(=C)C[C@@H]4C(OC4CCCCO4)N5C(=O)OCC=C)cn3C)cn2C)cn1C. The van der Waals surface area contributed by atoms with Gasteiger partial charge in [-0.2, -0.15) is 0 Å². The molecule has 0 aliphatic carbocycles. The molecule has 22 nitrogen and oxygen atoms in total. The van der Waals surface area contributed by atoms with Crippen LogP contribution in [0.2, 0.25) is 0 Å². The van der Waals surface area contributed by atoms with Crippen molar-refractivity contribution >= 4 is 64.5 Å². The summed E-state index contributed by atoms with van der Waals surface area (Å²) in [4.78, 5) is 108. The van der Waals surface area contributed by atoms with E-state index in [0.717, 1.165) is 18.4 Å². The number of ketones is 1. The Morgan fingerprint density at radius 3 is 2.25 bits per heavy atom. The second-order valence-electron chi connectivity index (χ2n) is 19.9. The summed E-state index contributed by atoms with van der Waals surface area (Å²) < 4.78 is 39.2. The summed E-state index contributed by atoms with van der Waals surface area (Å²) in [5.41, 5.74) is 4.26. The third-order valence-electron chi connectivity index (χ3n) is 13.5. The molecule has 6 heterocycles. The van der Waals surface area contributed by atoms with E-state index in [0.29, 0.717) is 72.8 Å². The normalized spacial score (nSPS) is 17.2. The van der Waals surface area contributed by atoms with Gasteiger partial charge in [0.05, 0.1) is 59.9 Å². The Labute approximate surface area is 458 Å². The first kappa shape index (κ1) is 58.4. The molecule has 22 heteroatoms. The van der Waals surface area contributed by atoms with Crippen molar-refractivity contribution in [3.63, 3.8) is 0 Å². The molecule has 2 fully saturated rings. The van der Waals surface area contributed by atoms with Crippen LogP contribution in [0, 0.1) is 12.8 Å². The number of hydrogen-bond donors (Lipinski definition) is 3. The van der Waals surface area contributed by atoms with Crippen LogP contribution in [0.25, 0.3) is 0 Å². The summed E-state index contributed by atoms with van der Waals surface area (Å²) in [6.45, 7) is 15.8. The number of rotatable bonds is 25. The van der Waals surface area contributed by atoms with Crippen molar-refractivity contribution in [2.24, 2.45) is 27.1 Å². The highest BCUT2D eigenvalue weighted by Gasteiger charge is 2.48. The van der Waals surface area contributed by atoms with Crippen molar-refractivity contribution in [3.05, 3.63) is 120 Å². The van der Waals surface area contributed by atoms with E-state index >= 15 is 0 Å². The van der Waals surface area contributed by atoms with Crippen LogP contribution in [-0.4, -0.2) is 131 Å². The Morgan fingerprint density at radius 1 is 0.823 bits per heavy atom. The number of ether oxygens (including phenoxy) is 6. The lowest BCUT2D eigenvalue weighted by molar-refractivity contribution is -0.195. The van der Waals surface area contributed by atoms with Crippen LogP contribution < -0.4 is 25.6 Å². The van der Waals surface area contributed by atoms with Crippen molar-refractivity contribution in [2.45, 2.75) is 90.2 Å². The summed E-state index contributed by atoms with van der Waals surface area (Å²) in [6.07, 6.45) is 8.90. The molecule has 3 aromatic heterocycles. The smallest absolute Gasteiger partial charge is 0.416 e. The molecule has 79 heavy (non-hydrogen) atoms. The van der Waals surface area contributed by atoms with Gasteiger partial charge < -0.3 is 63.0 Å². The first-order valence-electron chi connectivity index (χ1n) is 26.3. The Balaban J connectivity index is 0.890. The van der Waals surface area contributed by atoms with Crippen molar-refractivity contribution in [3.8, 4) is 5.75 Å². The Morgan fingerprint density at radius 2 is 1.52 bits per heavy atom. The van der Waals surface area contributed by atoms with Gasteiger partial charge in [0.15, 0.2) is 18.3 Å². The van der Waals surface area contributed by atoms with E-state index in [1.807, 2.05) is 0 Å². The fourth-order valence-corrected chi connectivity index (χ4v) is 9.56. The maximum Gasteiger partial charge on any atom is 0.416 e. The third kappa shape index (κ3) is 14.9. The lowest BCUT2D eigenvalue weighted by Gasteiger charge is -2.38. The Kier molecular flexibility index (Phi) is 19.9. The third-order valence-corrected chi connectivity index (χ3v) is 13.5. The van der Waals surface area contributed by atoms with Gasteiger partial charge in [0.25, 0.3) is 17.7 Å². The Bertz CT molecular complexity index is 2980. The zero-order valence-electron chi connectivity index (χ0n) is 45.5. The number of nitrogens with zero attached hydrogens (tertiary/aromatic N) is 5. The van der Waals surface area contributed by atoms with Gasteiger partial charge in [-0.1, -0.05) is 44.4 Å². The number of aryl methyl sites for hydroxylation is 4. The number of fused-ring (bicyclic) bond motifs is 2. The molecule has 3 aliphatic rings. The predicted octanol–water partition coefficient (Wildman–Crippen LogP) is 6.69. The van der Waals surface area contributed by atoms with Crippen molar-refractivity contribution in [1.29, 1.82) is 0 Å². The fourth-order valence-electron chi connectivity index (χ4n) is 9.56. The van der Waals surface area contributed by atoms with Crippen molar-refractivity contribution in [1.82, 2.24) is 23.9 Å². The second kappa shape index (κ2) is 26.9. The van der Waals surface area contributed by atoms with Gasteiger partial charge in [0, 0.05) is 78.3 Å². The van der Waals surface area contributed by atoms with Gasteiger partial charge in [-0.25, -0.2) is 9.69 Å². The molecule has 1 aromatic carbocycles. The van der Waals surface area contributed by atoms with Crippen LogP contribution in [0.15, 0.2) is 86.4 Å². The molecule has 7 rings (SSSR count). The minimum atomic E-state index is -0.956. The number of amides is 5. The van der Waals surface area contributed by atoms with E-state index < -0.39 is 54.3 Å². The van der Waals surface area contributed by atoms with Gasteiger partial charge in [0.1, 0.15) is 30.4 Å². The number of anilines is 3. The standard InChI is InChI=1S/C57H70N8O14/c1-9-18-75-50(68)25-37(5)56(72)77-22-14-17-58-52(69)45-29-40(34-63(45)8)60-53(70)44-26-38(32-61(44)6)27-47(66)43-28-39(33-62(43)7)59-49(67)15-13-21-74-48-30-42-41(24-36(48)4)54(71)64-31-35(3)23-46(64)55(65(42)57(73)78-19-10-2)79-51-16-11-12-20-76-51/h9-10,24,26,28-30,32-34,37,46,51,55H,1-3,11-23,25,27,31H2,4-8H3,(H,58,69)(H,59,67)(H,60,70)/t37-,46-,51?,55?/m1/s1. The second-order valence-corrected chi connectivity index (χ2v) is 19.9. The molecule has 5 amide bonds. The average molecular weight is 1090 g/mol. The van der Waals surface area contributed by atoms with Crippen LogP contribution in [0.5, 0.6) is 5.75 Å². The lowest BCUT2D eigenvalue weighted by atomic mass is 10.1. The molecule has 4 aromatic rings. The van der Waals surface area contributed by atoms with Crippen LogP contribution in [0.1, 0.15) is 111 Å². The largest absolute Gasteiger partial charge is 0.493 e. The molecule has 0 bridgehead atoms. The summed E-state index contributed by atoms with van der Waals surface area (Å²) in [7, 11) is 5.03. The highest BCUT2D eigenvalue weighted by atomic mass is 16.7. The molecule has 2 unspecified atom stereocenters. The zero-order chi connectivity index (χ0) is 56.9. The highest BCUT2D eigenvalue weighted by molar-refractivity contribution is 6.07. The molecular weight excluding hydrogens is 1020 g/mol. The van der Waals surface area contributed by atoms with E-state index in [1.54, 1.807) is 96.4 Å². The number of esters is 2. The summed E-state index contributed by atoms with van der Waals surface area (Å²) in [5, 5.41) is 8.43. The minimum Gasteiger partial charge on any atom is -0.493 e. The van der Waals surface area contributed by atoms with Gasteiger partial charge in [-0.05, 0) is 80.8 Å². The summed E-state index contributed by atoms with van der Waals surface area (Å²) in [6, 6.07) is 7.51. The monoisotopic (exact) mass is 1090 g/mol. The van der Waals surface area contributed by atoms with E-state index in [9.17, 15) is 38.4 Å². The molecule has 0 saturated carbocycles. The van der Waals surface area contributed by atoms with Crippen molar-refractivity contribution < 1.29 is 66.8 Å². The topological polar surface area (TPSA) is 249 Å². The van der Waals surface area contributed by atoms with Gasteiger partial charge in [-0.3, -0.25) is 33.6 Å². The summed E-state index contributed by atoms with van der Waals surface area (Å²) >= 11 is 0. The summed E-state index contributed by atoms with van der Waals surface area (Å²) in [5.74, 6) is -3.09. The quantitative estimate of drug-likeness (QED) is 0.0206. The van der Waals surface area contributed by atoms with E-state index in [1.165, 1.54) is 23.1 Å². The van der Waals surface area contributed by atoms with Crippen LogP contribution in [0.4, 0.5) is 21.9 Å². The molecule has 3 N–H and O–H groups in total. The van der Waals surface area contributed by atoms with Gasteiger partial charge >= 0.3 is 18.0 Å². The van der Waals surface area contributed by atoms with E-state index in [-0.39, 0.29) is 92.5 Å². The predicted molar refractivity (Wildman–Crippen MR) is 291 cm³/mol. The molecule has 2 saturated heterocycles. The number of carbonyl (C=O) groups excluding carboxylic acids is 8. The number of nitrogens with one attached hydrogen (secondary N) is 3. The number of hydrogen-bond acceptors (Lipinski definition) is 14. The van der Waals surface area contributed by atoms with Crippen LogP contribution >= 0.6 is 0 Å². The lowest BCUT2D eigenvalue weighted by Crippen LogP contribution is -2.54. The first-order valence-corrected chi connectivity index (χ1v) is 26.3. The first-order chi connectivity index (χ1) is 37.8.